The van der Waals surface area contributed by atoms with Gasteiger partial charge in [0.25, 0.3) is 0 Å². The highest BCUT2D eigenvalue weighted by molar-refractivity contribution is 4.95. The van der Waals surface area contributed by atoms with E-state index < -0.39 is 0 Å². The fourth-order valence-corrected chi connectivity index (χ4v) is 2.42. The van der Waals surface area contributed by atoms with Crippen molar-refractivity contribution in [2.24, 2.45) is 5.92 Å². The number of hydrogen-bond donors (Lipinski definition) is 1. The van der Waals surface area contributed by atoms with Crippen LogP contribution in [0.5, 0.6) is 0 Å². The molecule has 2 nitrogen and oxygen atoms in total. The van der Waals surface area contributed by atoms with Crippen molar-refractivity contribution in [3.05, 3.63) is 0 Å². The molecule has 2 fully saturated rings. The summed E-state index contributed by atoms with van der Waals surface area (Å²) in [5, 5.41) is 3.43. The van der Waals surface area contributed by atoms with Gasteiger partial charge >= 0.3 is 0 Å². The van der Waals surface area contributed by atoms with E-state index >= 15 is 0 Å². The standard InChI is InChI=1S/C10H20N2/c1-9-7-12(8-9)10(2)3-5-11-6-4-10/h9,11H,3-8H2,1-2H3. The highest BCUT2D eigenvalue weighted by Crippen LogP contribution is 2.31. The predicted octanol–water partition coefficient (Wildman–Crippen LogP) is 1.08. The maximum absolute atomic E-state index is 3.43. The largest absolute Gasteiger partial charge is 0.317 e. The second-order valence-electron chi connectivity index (χ2n) is 4.76. The molecule has 0 aromatic heterocycles. The first kappa shape index (κ1) is 8.52. The number of hydrogen-bond acceptors (Lipinski definition) is 2. The first-order valence-corrected chi connectivity index (χ1v) is 5.16. The van der Waals surface area contributed by atoms with Gasteiger partial charge in [0.05, 0.1) is 0 Å². The van der Waals surface area contributed by atoms with Gasteiger partial charge in [0.1, 0.15) is 0 Å². The van der Waals surface area contributed by atoms with E-state index in [0.717, 1.165) is 5.92 Å². The monoisotopic (exact) mass is 168 g/mol. The molecule has 2 heterocycles. The zero-order chi connectivity index (χ0) is 8.60. The van der Waals surface area contributed by atoms with Gasteiger partial charge in [-0.25, -0.2) is 0 Å². The van der Waals surface area contributed by atoms with Crippen molar-refractivity contribution in [3.8, 4) is 0 Å². The van der Waals surface area contributed by atoms with Crippen molar-refractivity contribution in [3.63, 3.8) is 0 Å². The van der Waals surface area contributed by atoms with Crippen LogP contribution in [0.3, 0.4) is 0 Å². The Morgan fingerprint density at radius 1 is 1.25 bits per heavy atom. The highest BCUT2D eigenvalue weighted by atomic mass is 15.3. The van der Waals surface area contributed by atoms with Crippen molar-refractivity contribution >= 4 is 0 Å². The fourth-order valence-electron chi connectivity index (χ4n) is 2.42. The summed E-state index contributed by atoms with van der Waals surface area (Å²) in [5.41, 5.74) is 0.526. The Balaban J connectivity index is 1.91. The van der Waals surface area contributed by atoms with Crippen LogP contribution in [0.25, 0.3) is 0 Å². The van der Waals surface area contributed by atoms with Crippen LogP contribution in [0.2, 0.25) is 0 Å². The van der Waals surface area contributed by atoms with Crippen molar-refractivity contribution in [2.45, 2.75) is 32.2 Å². The molecule has 0 saturated carbocycles. The second kappa shape index (κ2) is 3.00. The first-order chi connectivity index (χ1) is 5.71. The van der Waals surface area contributed by atoms with Gasteiger partial charge in [-0.3, -0.25) is 4.90 Å². The lowest BCUT2D eigenvalue weighted by molar-refractivity contribution is -0.0166. The summed E-state index contributed by atoms with van der Waals surface area (Å²) < 4.78 is 0. The van der Waals surface area contributed by atoms with Crippen molar-refractivity contribution in [2.75, 3.05) is 26.2 Å². The minimum absolute atomic E-state index is 0.526. The first-order valence-electron chi connectivity index (χ1n) is 5.16. The summed E-state index contributed by atoms with van der Waals surface area (Å²) in [6.07, 6.45) is 2.67. The fraction of sp³-hybridized carbons (Fsp3) is 1.00. The zero-order valence-electron chi connectivity index (χ0n) is 8.27. The third-order valence-corrected chi connectivity index (χ3v) is 3.51. The molecule has 1 N–H and O–H groups in total. The maximum atomic E-state index is 3.43. The van der Waals surface area contributed by atoms with E-state index in [1.807, 2.05) is 0 Å². The van der Waals surface area contributed by atoms with Crippen LogP contribution in [0.1, 0.15) is 26.7 Å². The van der Waals surface area contributed by atoms with E-state index in [1.165, 1.54) is 39.0 Å². The van der Waals surface area contributed by atoms with Crippen LogP contribution in [0, 0.1) is 5.92 Å². The van der Waals surface area contributed by atoms with Crippen LogP contribution < -0.4 is 5.32 Å². The molecular formula is C10H20N2. The number of piperidine rings is 1. The minimum atomic E-state index is 0.526. The number of nitrogens with one attached hydrogen (secondary N) is 1. The molecule has 70 valence electrons. The molecule has 0 aliphatic carbocycles. The van der Waals surface area contributed by atoms with Crippen LogP contribution in [0.15, 0.2) is 0 Å². The Labute approximate surface area is 75.3 Å². The van der Waals surface area contributed by atoms with Gasteiger partial charge in [-0.2, -0.15) is 0 Å². The van der Waals surface area contributed by atoms with Crippen LogP contribution in [-0.4, -0.2) is 36.6 Å². The van der Waals surface area contributed by atoms with Gasteiger partial charge in [0, 0.05) is 18.6 Å². The van der Waals surface area contributed by atoms with E-state index in [1.54, 1.807) is 0 Å². The molecule has 0 atom stereocenters. The van der Waals surface area contributed by atoms with Gasteiger partial charge in [0.2, 0.25) is 0 Å². The zero-order valence-corrected chi connectivity index (χ0v) is 8.27. The molecule has 2 saturated heterocycles. The molecule has 12 heavy (non-hydrogen) atoms. The topological polar surface area (TPSA) is 15.3 Å². The van der Waals surface area contributed by atoms with Crippen molar-refractivity contribution < 1.29 is 0 Å². The molecular weight excluding hydrogens is 148 g/mol. The summed E-state index contributed by atoms with van der Waals surface area (Å²) in [6.45, 7) is 9.86. The number of rotatable bonds is 1. The Morgan fingerprint density at radius 2 is 1.83 bits per heavy atom. The molecule has 2 heteroatoms. The maximum Gasteiger partial charge on any atom is 0.0205 e. The summed E-state index contributed by atoms with van der Waals surface area (Å²) in [4.78, 5) is 2.67. The van der Waals surface area contributed by atoms with Gasteiger partial charge in [0.15, 0.2) is 0 Å². The molecule has 2 rings (SSSR count). The van der Waals surface area contributed by atoms with Gasteiger partial charge in [-0.15, -0.1) is 0 Å². The molecule has 0 radical (unpaired) electrons. The molecule has 0 aromatic rings. The molecule has 0 spiro atoms. The lowest BCUT2D eigenvalue weighted by Gasteiger charge is -2.52. The lowest BCUT2D eigenvalue weighted by Crippen LogP contribution is -2.60. The summed E-state index contributed by atoms with van der Waals surface area (Å²) in [6, 6.07) is 0. The van der Waals surface area contributed by atoms with Crippen molar-refractivity contribution in [1.29, 1.82) is 0 Å². The van der Waals surface area contributed by atoms with Crippen LogP contribution in [-0.2, 0) is 0 Å². The van der Waals surface area contributed by atoms with Crippen LogP contribution in [0.4, 0.5) is 0 Å². The third kappa shape index (κ3) is 1.38. The average Bonchev–Trinajstić information content (AvgIpc) is 2.00. The Hall–Kier alpha value is -0.0800. The van der Waals surface area contributed by atoms with E-state index in [2.05, 4.69) is 24.1 Å². The quantitative estimate of drug-likeness (QED) is 0.630. The Kier molecular flexibility index (Phi) is 2.13. The van der Waals surface area contributed by atoms with Gasteiger partial charge in [-0.1, -0.05) is 6.92 Å². The molecule has 2 aliphatic heterocycles. The normalized spacial score (nSPS) is 31.5. The van der Waals surface area contributed by atoms with E-state index in [-0.39, 0.29) is 0 Å². The molecule has 0 unspecified atom stereocenters. The number of likely N-dealkylation sites (tertiary alicyclic amines) is 1. The van der Waals surface area contributed by atoms with Gasteiger partial charge < -0.3 is 5.32 Å². The highest BCUT2D eigenvalue weighted by Gasteiger charge is 2.38. The second-order valence-corrected chi connectivity index (χ2v) is 4.76. The molecule has 2 aliphatic rings. The smallest absolute Gasteiger partial charge is 0.0205 e. The third-order valence-electron chi connectivity index (χ3n) is 3.51. The average molecular weight is 168 g/mol. The van der Waals surface area contributed by atoms with E-state index in [4.69, 9.17) is 0 Å². The van der Waals surface area contributed by atoms with Gasteiger partial charge in [-0.05, 0) is 38.8 Å². The Bertz CT molecular complexity index is 155. The molecule has 0 bridgehead atoms. The van der Waals surface area contributed by atoms with E-state index in [0.29, 0.717) is 5.54 Å². The summed E-state index contributed by atoms with van der Waals surface area (Å²) >= 11 is 0. The van der Waals surface area contributed by atoms with E-state index in [9.17, 15) is 0 Å². The van der Waals surface area contributed by atoms with Crippen molar-refractivity contribution in [1.82, 2.24) is 10.2 Å². The predicted molar refractivity (Wildman–Crippen MR) is 51.2 cm³/mol. The van der Waals surface area contributed by atoms with Crippen LogP contribution >= 0.6 is 0 Å². The summed E-state index contributed by atoms with van der Waals surface area (Å²) in [7, 11) is 0. The molecule has 0 aromatic carbocycles. The summed E-state index contributed by atoms with van der Waals surface area (Å²) in [5.74, 6) is 0.941. The number of nitrogens with zero attached hydrogens (tertiary/aromatic N) is 1. The Morgan fingerprint density at radius 3 is 2.33 bits per heavy atom. The SMILES string of the molecule is CC1CN(C2(C)CCNCC2)C1. The lowest BCUT2D eigenvalue weighted by atomic mass is 9.84. The minimum Gasteiger partial charge on any atom is -0.317 e. The molecule has 0 amide bonds.